The van der Waals surface area contributed by atoms with Crippen LogP contribution in [0.25, 0.3) is 0 Å². The lowest BCUT2D eigenvalue weighted by Crippen LogP contribution is -2.18. The first kappa shape index (κ1) is 14.5. The molecule has 0 heterocycles. The Labute approximate surface area is 94.8 Å². The van der Waals surface area contributed by atoms with Crippen molar-refractivity contribution in [1.29, 1.82) is 0 Å². The van der Waals surface area contributed by atoms with Crippen molar-refractivity contribution in [2.75, 3.05) is 31.2 Å². The van der Waals surface area contributed by atoms with E-state index in [0.717, 1.165) is 24.5 Å². The fourth-order valence-corrected chi connectivity index (χ4v) is 1.65. The number of hydrogen-bond donors (Lipinski definition) is 3. The average molecular weight is 233 g/mol. The molecular weight excluding hydrogens is 214 g/mol. The van der Waals surface area contributed by atoms with Crippen molar-refractivity contribution in [1.82, 2.24) is 5.32 Å². The van der Waals surface area contributed by atoms with E-state index in [9.17, 15) is 4.79 Å². The number of hydrogen-bond acceptors (Lipinski definition) is 4. The third-order valence-electron chi connectivity index (χ3n) is 1.76. The zero-order valence-electron chi connectivity index (χ0n) is 9.03. The highest BCUT2D eigenvalue weighted by atomic mass is 32.2. The van der Waals surface area contributed by atoms with Crippen molar-refractivity contribution in [3.63, 3.8) is 0 Å². The molecule has 15 heavy (non-hydrogen) atoms. The van der Waals surface area contributed by atoms with Crippen molar-refractivity contribution < 1.29 is 15.0 Å². The minimum atomic E-state index is -0.867. The van der Waals surface area contributed by atoms with Crippen molar-refractivity contribution in [3.05, 3.63) is 11.6 Å². The summed E-state index contributed by atoms with van der Waals surface area (Å²) >= 11 is 1.78. The lowest BCUT2D eigenvalue weighted by atomic mass is 10.3. The summed E-state index contributed by atoms with van der Waals surface area (Å²) < 4.78 is 0. The molecule has 0 rings (SSSR count). The van der Waals surface area contributed by atoms with E-state index in [1.807, 2.05) is 0 Å². The van der Waals surface area contributed by atoms with Crippen LogP contribution >= 0.6 is 11.8 Å². The number of carboxylic acid groups (broad SMARTS) is 1. The quantitative estimate of drug-likeness (QED) is 0.404. The molecule has 0 aromatic heterocycles. The molecule has 0 radical (unpaired) electrons. The fourth-order valence-electron chi connectivity index (χ4n) is 0.828. The minimum absolute atomic E-state index is 0.251. The molecule has 0 aliphatic heterocycles. The van der Waals surface area contributed by atoms with Crippen molar-refractivity contribution in [2.45, 2.75) is 13.3 Å². The minimum Gasteiger partial charge on any atom is -0.478 e. The maximum absolute atomic E-state index is 10.4. The van der Waals surface area contributed by atoms with Crippen LogP contribution in [0.1, 0.15) is 13.3 Å². The van der Waals surface area contributed by atoms with Crippen LogP contribution in [0.5, 0.6) is 0 Å². The van der Waals surface area contributed by atoms with Gasteiger partial charge < -0.3 is 15.5 Å². The van der Waals surface area contributed by atoms with Crippen molar-refractivity contribution in [3.8, 4) is 0 Å². The van der Waals surface area contributed by atoms with Crippen LogP contribution < -0.4 is 5.32 Å². The standard InChI is InChI=1S/C10H19NO3S/c1-9(10(13)14)3-4-11-5-8-15-7-2-6-12/h3,11-12H,2,4-8H2,1H3,(H,13,14). The van der Waals surface area contributed by atoms with Gasteiger partial charge in [-0.3, -0.25) is 0 Å². The van der Waals surface area contributed by atoms with Crippen LogP contribution in [-0.2, 0) is 4.79 Å². The second kappa shape index (κ2) is 10.0. The molecule has 0 atom stereocenters. The SMILES string of the molecule is CC(=CCNCCSCCCO)C(=O)O. The van der Waals surface area contributed by atoms with Crippen LogP contribution in [0.2, 0.25) is 0 Å². The molecular formula is C10H19NO3S. The summed E-state index contributed by atoms with van der Waals surface area (Å²) in [7, 11) is 0. The van der Waals surface area contributed by atoms with E-state index in [2.05, 4.69) is 5.32 Å². The molecule has 3 N–H and O–H groups in total. The zero-order chi connectivity index (χ0) is 11.5. The number of thioether (sulfide) groups is 1. The molecule has 0 amide bonds. The topological polar surface area (TPSA) is 69.6 Å². The number of rotatable bonds is 9. The molecule has 5 heteroatoms. The summed E-state index contributed by atoms with van der Waals surface area (Å²) in [4.78, 5) is 10.4. The van der Waals surface area contributed by atoms with Crippen LogP contribution in [0, 0.1) is 0 Å². The third-order valence-corrected chi connectivity index (χ3v) is 2.83. The number of carbonyl (C=O) groups is 1. The van der Waals surface area contributed by atoms with E-state index in [-0.39, 0.29) is 6.61 Å². The third kappa shape index (κ3) is 9.78. The average Bonchev–Trinajstić information content (AvgIpc) is 2.21. The monoisotopic (exact) mass is 233 g/mol. The molecule has 4 nitrogen and oxygen atoms in total. The summed E-state index contributed by atoms with van der Waals surface area (Å²) in [6.45, 7) is 3.29. The summed E-state index contributed by atoms with van der Waals surface area (Å²) in [5.74, 6) is 1.09. The number of nitrogens with one attached hydrogen (secondary N) is 1. The molecule has 0 aliphatic carbocycles. The molecule has 0 bridgehead atoms. The summed E-state index contributed by atoms with van der Waals surface area (Å²) in [5.41, 5.74) is 0.371. The van der Waals surface area contributed by atoms with Crippen molar-refractivity contribution >= 4 is 17.7 Å². The first-order chi connectivity index (χ1) is 7.18. The summed E-state index contributed by atoms with van der Waals surface area (Å²) in [5, 5.41) is 20.2. The smallest absolute Gasteiger partial charge is 0.330 e. The number of aliphatic hydroxyl groups excluding tert-OH is 1. The first-order valence-electron chi connectivity index (χ1n) is 4.98. The van der Waals surface area contributed by atoms with E-state index in [0.29, 0.717) is 12.1 Å². The Balaban J connectivity index is 3.25. The molecule has 0 aromatic rings. The Morgan fingerprint density at radius 3 is 2.80 bits per heavy atom. The maximum atomic E-state index is 10.4. The van der Waals surface area contributed by atoms with Crippen LogP contribution in [-0.4, -0.2) is 47.4 Å². The van der Waals surface area contributed by atoms with Gasteiger partial charge in [0.2, 0.25) is 0 Å². The molecule has 0 unspecified atom stereocenters. The highest BCUT2D eigenvalue weighted by Crippen LogP contribution is 1.99. The molecule has 0 saturated carbocycles. The van der Waals surface area contributed by atoms with Gasteiger partial charge in [-0.1, -0.05) is 6.08 Å². The highest BCUT2D eigenvalue weighted by molar-refractivity contribution is 7.99. The molecule has 0 aliphatic rings. The summed E-state index contributed by atoms with van der Waals surface area (Å²) in [6, 6.07) is 0. The highest BCUT2D eigenvalue weighted by Gasteiger charge is 1.97. The lowest BCUT2D eigenvalue weighted by Gasteiger charge is -2.01. The second-order valence-corrected chi connectivity index (χ2v) is 4.31. The van der Waals surface area contributed by atoms with E-state index >= 15 is 0 Å². The Hall–Kier alpha value is -0.520. The Morgan fingerprint density at radius 2 is 2.20 bits per heavy atom. The first-order valence-corrected chi connectivity index (χ1v) is 6.13. The van der Waals surface area contributed by atoms with E-state index in [1.54, 1.807) is 24.8 Å². The van der Waals surface area contributed by atoms with Crippen LogP contribution in [0.3, 0.4) is 0 Å². The Morgan fingerprint density at radius 1 is 1.47 bits per heavy atom. The maximum Gasteiger partial charge on any atom is 0.330 e. The number of aliphatic hydroxyl groups is 1. The molecule has 0 saturated heterocycles. The van der Waals surface area contributed by atoms with Gasteiger partial charge in [0.25, 0.3) is 0 Å². The molecule has 0 aromatic carbocycles. The van der Waals surface area contributed by atoms with Gasteiger partial charge in [-0.05, 0) is 19.1 Å². The molecule has 0 spiro atoms. The zero-order valence-corrected chi connectivity index (χ0v) is 9.85. The Kier molecular flexibility index (Phi) is 9.67. The predicted molar refractivity (Wildman–Crippen MR) is 63.3 cm³/mol. The van der Waals surface area contributed by atoms with Gasteiger partial charge in [0.15, 0.2) is 0 Å². The summed E-state index contributed by atoms with van der Waals surface area (Å²) in [6.07, 6.45) is 2.50. The number of aliphatic carboxylic acids is 1. The molecule has 88 valence electrons. The van der Waals surface area contributed by atoms with Gasteiger partial charge in [0.05, 0.1) is 0 Å². The van der Waals surface area contributed by atoms with Gasteiger partial charge in [-0.25, -0.2) is 4.79 Å². The second-order valence-electron chi connectivity index (χ2n) is 3.09. The van der Waals surface area contributed by atoms with Crippen molar-refractivity contribution in [2.24, 2.45) is 0 Å². The van der Waals surface area contributed by atoms with Crippen LogP contribution in [0.15, 0.2) is 11.6 Å². The van der Waals surface area contributed by atoms with Gasteiger partial charge in [-0.15, -0.1) is 0 Å². The number of carboxylic acids is 1. The van der Waals surface area contributed by atoms with E-state index in [4.69, 9.17) is 10.2 Å². The van der Waals surface area contributed by atoms with E-state index < -0.39 is 5.97 Å². The lowest BCUT2D eigenvalue weighted by molar-refractivity contribution is -0.132. The molecule has 0 fully saturated rings. The Bertz CT molecular complexity index is 207. The van der Waals surface area contributed by atoms with Gasteiger partial charge in [0.1, 0.15) is 0 Å². The van der Waals surface area contributed by atoms with Crippen LogP contribution in [0.4, 0.5) is 0 Å². The predicted octanol–water partition coefficient (Wildman–Crippen LogP) is 0.722. The largest absolute Gasteiger partial charge is 0.478 e. The normalized spacial score (nSPS) is 11.7. The van der Waals surface area contributed by atoms with Gasteiger partial charge in [-0.2, -0.15) is 11.8 Å². The van der Waals surface area contributed by atoms with E-state index in [1.165, 1.54) is 0 Å². The van der Waals surface area contributed by atoms with Gasteiger partial charge in [0, 0.05) is 31.0 Å². The van der Waals surface area contributed by atoms with Gasteiger partial charge >= 0.3 is 5.97 Å². The fraction of sp³-hybridized carbons (Fsp3) is 0.700.